The highest BCUT2D eigenvalue weighted by Gasteiger charge is 2.12. The molecular weight excluding hydrogens is 254 g/mol. The van der Waals surface area contributed by atoms with Gasteiger partial charge in [-0.15, -0.1) is 0 Å². The van der Waals surface area contributed by atoms with Crippen LogP contribution in [0.5, 0.6) is 0 Å². The maximum atomic E-state index is 11.1. The smallest absolute Gasteiger partial charge is 0.221 e. The van der Waals surface area contributed by atoms with Crippen molar-refractivity contribution in [3.8, 4) is 11.8 Å². The summed E-state index contributed by atoms with van der Waals surface area (Å²) in [5, 5.41) is 2.76. The third-order valence-electron chi connectivity index (χ3n) is 2.94. The van der Waals surface area contributed by atoms with E-state index in [1.807, 2.05) is 24.3 Å². The molecule has 1 aromatic carbocycles. The SMILES string of the molecule is CC(=O)Nc1ccccc1C#CCOC1CCCCO1. The number of hydrogen-bond donors (Lipinski definition) is 1. The van der Waals surface area contributed by atoms with E-state index in [0.29, 0.717) is 6.61 Å². The Bertz CT molecular complexity index is 510. The number of carbonyl (C=O) groups is 1. The predicted octanol–water partition coefficient (Wildman–Crippen LogP) is 2.54. The number of para-hydroxylation sites is 1. The molecule has 1 aliphatic rings. The molecule has 4 heteroatoms. The Labute approximate surface area is 119 Å². The monoisotopic (exact) mass is 273 g/mol. The Morgan fingerprint density at radius 3 is 3.05 bits per heavy atom. The van der Waals surface area contributed by atoms with Crippen LogP contribution in [0.25, 0.3) is 0 Å². The fourth-order valence-electron chi connectivity index (χ4n) is 2.00. The van der Waals surface area contributed by atoms with Crippen molar-refractivity contribution >= 4 is 11.6 Å². The first kappa shape index (κ1) is 14.6. The highest BCUT2D eigenvalue weighted by Crippen LogP contribution is 2.14. The molecule has 4 nitrogen and oxygen atoms in total. The second-order valence-corrected chi connectivity index (χ2v) is 4.64. The summed E-state index contributed by atoms with van der Waals surface area (Å²) in [5.41, 5.74) is 1.51. The maximum absolute atomic E-state index is 11.1. The van der Waals surface area contributed by atoms with Crippen molar-refractivity contribution < 1.29 is 14.3 Å². The van der Waals surface area contributed by atoms with Crippen LogP contribution in [0.1, 0.15) is 31.7 Å². The second kappa shape index (κ2) is 7.68. The molecule has 0 bridgehead atoms. The minimum Gasteiger partial charge on any atom is -0.353 e. The zero-order valence-corrected chi connectivity index (χ0v) is 11.6. The number of hydrogen-bond acceptors (Lipinski definition) is 3. The summed E-state index contributed by atoms with van der Waals surface area (Å²) in [4.78, 5) is 11.1. The van der Waals surface area contributed by atoms with Crippen LogP contribution in [0.4, 0.5) is 5.69 Å². The van der Waals surface area contributed by atoms with Gasteiger partial charge in [0.1, 0.15) is 6.61 Å². The summed E-state index contributed by atoms with van der Waals surface area (Å²) in [6, 6.07) is 7.45. The summed E-state index contributed by atoms with van der Waals surface area (Å²) >= 11 is 0. The topological polar surface area (TPSA) is 47.6 Å². The minimum absolute atomic E-state index is 0.105. The Morgan fingerprint density at radius 2 is 2.30 bits per heavy atom. The lowest BCUT2D eigenvalue weighted by atomic mass is 10.2. The van der Waals surface area contributed by atoms with E-state index in [0.717, 1.165) is 37.1 Å². The van der Waals surface area contributed by atoms with E-state index in [4.69, 9.17) is 9.47 Å². The fraction of sp³-hybridized carbons (Fsp3) is 0.438. The van der Waals surface area contributed by atoms with Crippen LogP contribution in [0.3, 0.4) is 0 Å². The van der Waals surface area contributed by atoms with Crippen molar-refractivity contribution in [3.05, 3.63) is 29.8 Å². The van der Waals surface area contributed by atoms with E-state index in [1.54, 1.807) is 0 Å². The number of rotatable bonds is 3. The molecule has 106 valence electrons. The molecule has 1 aromatic rings. The molecule has 0 aliphatic carbocycles. The molecule has 1 amide bonds. The normalized spacial score (nSPS) is 17.9. The standard InChI is InChI=1S/C16H19NO3/c1-13(18)17-15-9-3-2-7-14(15)8-6-12-20-16-10-4-5-11-19-16/h2-3,7,9,16H,4-5,10-12H2,1H3,(H,17,18). The number of carbonyl (C=O) groups excluding carboxylic acids is 1. The first-order valence-corrected chi connectivity index (χ1v) is 6.84. The van der Waals surface area contributed by atoms with Gasteiger partial charge in [-0.1, -0.05) is 24.0 Å². The lowest BCUT2D eigenvalue weighted by Crippen LogP contribution is -2.22. The molecule has 1 fully saturated rings. The molecule has 1 N–H and O–H groups in total. The molecule has 1 heterocycles. The van der Waals surface area contributed by atoms with Crippen LogP contribution in [0.2, 0.25) is 0 Å². The van der Waals surface area contributed by atoms with Crippen molar-refractivity contribution in [1.29, 1.82) is 0 Å². The van der Waals surface area contributed by atoms with Crippen molar-refractivity contribution in [2.24, 2.45) is 0 Å². The highest BCUT2D eigenvalue weighted by atomic mass is 16.7. The van der Waals surface area contributed by atoms with Crippen molar-refractivity contribution in [2.75, 3.05) is 18.5 Å². The lowest BCUT2D eigenvalue weighted by Gasteiger charge is -2.21. The van der Waals surface area contributed by atoms with Crippen molar-refractivity contribution in [3.63, 3.8) is 0 Å². The lowest BCUT2D eigenvalue weighted by molar-refractivity contribution is -0.154. The van der Waals surface area contributed by atoms with Gasteiger partial charge in [-0.3, -0.25) is 4.79 Å². The Kier molecular flexibility index (Phi) is 5.60. The average molecular weight is 273 g/mol. The Balaban J connectivity index is 1.89. The summed E-state index contributed by atoms with van der Waals surface area (Å²) < 4.78 is 11.0. The zero-order valence-electron chi connectivity index (χ0n) is 11.6. The summed E-state index contributed by atoms with van der Waals surface area (Å²) in [6.07, 6.45) is 3.06. The van der Waals surface area contributed by atoms with E-state index in [2.05, 4.69) is 17.2 Å². The van der Waals surface area contributed by atoms with Gasteiger partial charge >= 0.3 is 0 Å². The van der Waals surface area contributed by atoms with Crippen molar-refractivity contribution in [2.45, 2.75) is 32.5 Å². The van der Waals surface area contributed by atoms with Crippen LogP contribution in [-0.4, -0.2) is 25.4 Å². The molecule has 1 saturated heterocycles. The van der Waals surface area contributed by atoms with Crippen LogP contribution in [0, 0.1) is 11.8 Å². The van der Waals surface area contributed by atoms with Gasteiger partial charge in [0, 0.05) is 19.1 Å². The number of anilines is 1. The molecule has 1 unspecified atom stereocenters. The number of nitrogens with one attached hydrogen (secondary N) is 1. The first-order chi connectivity index (χ1) is 9.75. The first-order valence-electron chi connectivity index (χ1n) is 6.84. The average Bonchev–Trinajstić information content (AvgIpc) is 2.46. The van der Waals surface area contributed by atoms with Crippen LogP contribution in [-0.2, 0) is 14.3 Å². The molecule has 2 rings (SSSR count). The van der Waals surface area contributed by atoms with E-state index in [1.165, 1.54) is 6.92 Å². The summed E-state index contributed by atoms with van der Waals surface area (Å²) in [5.74, 6) is 5.87. The van der Waals surface area contributed by atoms with Gasteiger partial charge in [-0.25, -0.2) is 0 Å². The van der Waals surface area contributed by atoms with Gasteiger partial charge in [0.2, 0.25) is 5.91 Å². The predicted molar refractivity (Wildman–Crippen MR) is 77.2 cm³/mol. The Morgan fingerprint density at radius 1 is 1.45 bits per heavy atom. The molecule has 1 aliphatic heterocycles. The molecule has 20 heavy (non-hydrogen) atoms. The van der Waals surface area contributed by atoms with Gasteiger partial charge in [0.05, 0.1) is 5.69 Å². The third kappa shape index (κ3) is 4.69. The molecule has 0 spiro atoms. The number of benzene rings is 1. The summed E-state index contributed by atoms with van der Waals surface area (Å²) in [6.45, 7) is 2.58. The summed E-state index contributed by atoms with van der Waals surface area (Å²) in [7, 11) is 0. The second-order valence-electron chi connectivity index (χ2n) is 4.64. The maximum Gasteiger partial charge on any atom is 0.221 e. The van der Waals surface area contributed by atoms with Crippen LogP contribution >= 0.6 is 0 Å². The quantitative estimate of drug-likeness (QED) is 0.861. The van der Waals surface area contributed by atoms with Gasteiger partial charge < -0.3 is 14.8 Å². The molecule has 0 saturated carbocycles. The highest BCUT2D eigenvalue weighted by molar-refractivity contribution is 5.90. The van der Waals surface area contributed by atoms with E-state index < -0.39 is 0 Å². The van der Waals surface area contributed by atoms with Crippen LogP contribution < -0.4 is 5.32 Å². The number of amides is 1. The molecule has 1 atom stereocenters. The number of ether oxygens (including phenoxy) is 2. The van der Waals surface area contributed by atoms with E-state index >= 15 is 0 Å². The van der Waals surface area contributed by atoms with Gasteiger partial charge in [-0.2, -0.15) is 0 Å². The van der Waals surface area contributed by atoms with Crippen molar-refractivity contribution in [1.82, 2.24) is 0 Å². The van der Waals surface area contributed by atoms with Gasteiger partial charge in [0.15, 0.2) is 6.29 Å². The molecule has 0 radical (unpaired) electrons. The minimum atomic E-state index is -0.122. The fourth-order valence-corrected chi connectivity index (χ4v) is 2.00. The Hall–Kier alpha value is -1.83. The van der Waals surface area contributed by atoms with Crippen LogP contribution in [0.15, 0.2) is 24.3 Å². The zero-order chi connectivity index (χ0) is 14.2. The molecular formula is C16H19NO3. The third-order valence-corrected chi connectivity index (χ3v) is 2.94. The van der Waals surface area contributed by atoms with E-state index in [-0.39, 0.29) is 12.2 Å². The van der Waals surface area contributed by atoms with Gasteiger partial charge in [0.25, 0.3) is 0 Å². The molecule has 0 aromatic heterocycles. The largest absolute Gasteiger partial charge is 0.353 e. The van der Waals surface area contributed by atoms with Gasteiger partial charge in [-0.05, 0) is 31.4 Å². The van der Waals surface area contributed by atoms with E-state index in [9.17, 15) is 4.79 Å².